The summed E-state index contributed by atoms with van der Waals surface area (Å²) in [5, 5.41) is 0. The fraction of sp³-hybridized carbons (Fsp3) is 0.538. The Balaban J connectivity index is 1.76. The monoisotopic (exact) mass is 302 g/mol. The molecule has 0 N–H and O–H groups in total. The quantitative estimate of drug-likeness (QED) is 0.814. The Bertz CT molecular complexity index is 482. The van der Waals surface area contributed by atoms with Crippen LogP contribution in [0.2, 0.25) is 0 Å². The predicted octanol–water partition coefficient (Wildman–Crippen LogP) is 1.06. The Morgan fingerprint density at radius 3 is 2.95 bits per heavy atom. The summed E-state index contributed by atoms with van der Waals surface area (Å²) in [7, 11) is 1.51. The van der Waals surface area contributed by atoms with Crippen molar-refractivity contribution in [3.63, 3.8) is 0 Å². The highest BCUT2D eigenvalue weighted by Gasteiger charge is 2.38. The normalized spacial score (nSPS) is 17.6. The smallest absolute Gasteiger partial charge is 0.373 e. The van der Waals surface area contributed by atoms with Crippen LogP contribution in [0.25, 0.3) is 0 Å². The number of hydrogen-bond acceptors (Lipinski definition) is 5. The molecular formula is C13H16F2N2O4. The van der Waals surface area contributed by atoms with E-state index in [1.807, 2.05) is 0 Å². The molecule has 1 amide bonds. The van der Waals surface area contributed by atoms with Gasteiger partial charge in [0.2, 0.25) is 11.8 Å². The topological polar surface area (TPSA) is 60.9 Å². The van der Waals surface area contributed by atoms with Crippen molar-refractivity contribution >= 4 is 5.91 Å². The van der Waals surface area contributed by atoms with Crippen molar-refractivity contribution in [3.8, 4) is 5.88 Å². The third-order valence-electron chi connectivity index (χ3n) is 2.90. The Morgan fingerprint density at radius 1 is 1.52 bits per heavy atom. The number of pyridine rings is 1. The van der Waals surface area contributed by atoms with Crippen LogP contribution in [0.5, 0.6) is 5.88 Å². The molecule has 0 unspecified atom stereocenters. The second-order valence-electron chi connectivity index (χ2n) is 4.50. The molecule has 0 aliphatic carbocycles. The minimum atomic E-state index is -3.28. The summed E-state index contributed by atoms with van der Waals surface area (Å²) in [4.78, 5) is 16.8. The van der Waals surface area contributed by atoms with Gasteiger partial charge in [-0.25, -0.2) is 4.98 Å². The molecule has 0 saturated carbocycles. The zero-order valence-electron chi connectivity index (χ0n) is 11.6. The number of carbonyl (C=O) groups excluding carboxylic acids is 1. The average molecular weight is 302 g/mol. The molecular weight excluding hydrogens is 286 g/mol. The second-order valence-corrected chi connectivity index (χ2v) is 4.50. The molecule has 0 bridgehead atoms. The maximum Gasteiger partial charge on any atom is 0.373 e. The number of carbonyl (C=O) groups is 1. The molecule has 1 fully saturated rings. The van der Waals surface area contributed by atoms with Crippen molar-refractivity contribution in [2.75, 3.05) is 33.4 Å². The number of halogens is 2. The molecule has 21 heavy (non-hydrogen) atoms. The lowest BCUT2D eigenvalue weighted by Crippen LogP contribution is -2.50. The fourth-order valence-electron chi connectivity index (χ4n) is 1.83. The maximum atomic E-state index is 13.0. The average Bonchev–Trinajstić information content (AvgIpc) is 2.47. The first kappa shape index (κ1) is 15.6. The summed E-state index contributed by atoms with van der Waals surface area (Å²) in [5.74, 6) is -0.00943. The summed E-state index contributed by atoms with van der Waals surface area (Å²) in [6.45, 7) is -0.867. The van der Waals surface area contributed by atoms with Crippen molar-refractivity contribution in [1.29, 1.82) is 0 Å². The van der Waals surface area contributed by atoms with E-state index in [1.54, 1.807) is 18.3 Å². The molecule has 116 valence electrons. The molecule has 2 heterocycles. The first-order chi connectivity index (χ1) is 10.00. The summed E-state index contributed by atoms with van der Waals surface area (Å²) in [5.41, 5.74) is 0.760. The fourth-order valence-corrected chi connectivity index (χ4v) is 1.83. The molecule has 1 saturated heterocycles. The van der Waals surface area contributed by atoms with Crippen molar-refractivity contribution in [3.05, 3.63) is 23.9 Å². The largest absolute Gasteiger partial charge is 0.481 e. The van der Waals surface area contributed by atoms with Gasteiger partial charge in [0, 0.05) is 18.8 Å². The predicted molar refractivity (Wildman–Crippen MR) is 67.9 cm³/mol. The van der Waals surface area contributed by atoms with Gasteiger partial charge < -0.3 is 19.1 Å². The van der Waals surface area contributed by atoms with E-state index in [0.29, 0.717) is 5.88 Å². The van der Waals surface area contributed by atoms with Gasteiger partial charge >= 0.3 is 6.11 Å². The summed E-state index contributed by atoms with van der Waals surface area (Å²) in [6, 6.07) is 3.42. The van der Waals surface area contributed by atoms with Crippen LogP contribution in [0.15, 0.2) is 18.3 Å². The van der Waals surface area contributed by atoms with E-state index < -0.39 is 18.6 Å². The number of aromatic nitrogens is 1. The zero-order valence-corrected chi connectivity index (χ0v) is 11.6. The number of alkyl halides is 2. The number of hydrogen-bond donors (Lipinski definition) is 0. The molecule has 0 radical (unpaired) electrons. The van der Waals surface area contributed by atoms with Crippen molar-refractivity contribution in [2.45, 2.75) is 12.7 Å². The summed E-state index contributed by atoms with van der Waals surface area (Å²) >= 11 is 0. The van der Waals surface area contributed by atoms with E-state index in [9.17, 15) is 13.6 Å². The lowest BCUT2D eigenvalue weighted by atomic mass is 10.3. The van der Waals surface area contributed by atoms with E-state index in [1.165, 1.54) is 7.11 Å². The minimum absolute atomic E-state index is 0.141. The van der Waals surface area contributed by atoms with E-state index in [0.717, 1.165) is 10.5 Å². The Labute approximate surface area is 120 Å². The molecule has 1 aromatic heterocycles. The molecule has 0 atom stereocenters. The van der Waals surface area contributed by atoms with Crippen LogP contribution in [-0.4, -0.2) is 55.3 Å². The van der Waals surface area contributed by atoms with Gasteiger partial charge in [-0.2, -0.15) is 8.78 Å². The van der Waals surface area contributed by atoms with Crippen LogP contribution in [-0.2, 0) is 20.9 Å². The van der Waals surface area contributed by atoms with Gasteiger partial charge in [0.05, 0.1) is 20.3 Å². The molecule has 6 nitrogen and oxygen atoms in total. The van der Waals surface area contributed by atoms with Gasteiger partial charge in [-0.05, 0) is 11.6 Å². The molecule has 0 spiro atoms. The Morgan fingerprint density at radius 2 is 2.33 bits per heavy atom. The Hall–Kier alpha value is -1.80. The molecule has 1 aliphatic heterocycles. The number of methoxy groups -OCH3 is 1. The number of ether oxygens (including phenoxy) is 3. The molecule has 1 aromatic rings. The Kier molecular flexibility index (Phi) is 5.03. The molecule has 2 rings (SSSR count). The number of nitrogens with zero attached hydrogens (tertiary/aromatic N) is 2. The molecule has 0 aromatic carbocycles. The highest BCUT2D eigenvalue weighted by molar-refractivity contribution is 5.77. The second kappa shape index (κ2) is 6.77. The van der Waals surface area contributed by atoms with Crippen molar-refractivity contribution in [1.82, 2.24) is 9.88 Å². The van der Waals surface area contributed by atoms with Gasteiger partial charge in [-0.15, -0.1) is 0 Å². The van der Waals surface area contributed by atoms with Crippen molar-refractivity contribution in [2.24, 2.45) is 0 Å². The van der Waals surface area contributed by atoms with Crippen LogP contribution in [0.3, 0.4) is 0 Å². The van der Waals surface area contributed by atoms with Gasteiger partial charge in [-0.1, -0.05) is 0 Å². The number of amides is 1. The highest BCUT2D eigenvalue weighted by Crippen LogP contribution is 2.21. The highest BCUT2D eigenvalue weighted by atomic mass is 19.3. The lowest BCUT2D eigenvalue weighted by Gasteiger charge is -2.32. The van der Waals surface area contributed by atoms with E-state index >= 15 is 0 Å². The molecule has 8 heteroatoms. The first-order valence-corrected chi connectivity index (χ1v) is 6.36. The third-order valence-corrected chi connectivity index (χ3v) is 2.90. The summed E-state index contributed by atoms with van der Waals surface area (Å²) < 4.78 is 40.4. The third kappa shape index (κ3) is 4.61. The van der Waals surface area contributed by atoms with E-state index in [2.05, 4.69) is 9.72 Å². The van der Waals surface area contributed by atoms with Gasteiger partial charge in [0.15, 0.2) is 0 Å². The van der Waals surface area contributed by atoms with Crippen LogP contribution < -0.4 is 4.74 Å². The van der Waals surface area contributed by atoms with Gasteiger partial charge in [0.1, 0.15) is 13.2 Å². The zero-order chi connectivity index (χ0) is 15.3. The lowest BCUT2D eigenvalue weighted by molar-refractivity contribution is -0.268. The van der Waals surface area contributed by atoms with E-state index in [4.69, 9.17) is 9.47 Å². The molecule has 1 aliphatic rings. The minimum Gasteiger partial charge on any atom is -0.481 e. The maximum absolute atomic E-state index is 13.0. The summed E-state index contributed by atoms with van der Waals surface area (Å²) in [6.07, 6.45) is -1.72. The first-order valence-electron chi connectivity index (χ1n) is 6.36. The van der Waals surface area contributed by atoms with Crippen LogP contribution in [0.4, 0.5) is 8.78 Å². The van der Waals surface area contributed by atoms with Crippen LogP contribution in [0.1, 0.15) is 5.56 Å². The van der Waals surface area contributed by atoms with Crippen LogP contribution >= 0.6 is 0 Å². The van der Waals surface area contributed by atoms with E-state index in [-0.39, 0.29) is 26.4 Å². The van der Waals surface area contributed by atoms with Crippen LogP contribution in [0, 0.1) is 0 Å². The number of rotatable bonds is 5. The SMILES string of the molecule is COc1ccc(COCC(=O)N2CCOC(F)(F)C2)cn1. The van der Waals surface area contributed by atoms with Crippen molar-refractivity contribution < 1.29 is 27.8 Å². The van der Waals surface area contributed by atoms with Gasteiger partial charge in [-0.3, -0.25) is 4.79 Å². The standard InChI is InChI=1S/C13H16F2N2O4/c1-19-11-3-2-10(6-16-11)7-20-8-12(18)17-4-5-21-13(14,15)9-17/h2-3,6H,4-5,7-9H2,1H3. The number of morpholine rings is 1. The van der Waals surface area contributed by atoms with Gasteiger partial charge in [0.25, 0.3) is 0 Å².